The van der Waals surface area contributed by atoms with Gasteiger partial charge in [0.05, 0.1) is 11.4 Å². The van der Waals surface area contributed by atoms with Gasteiger partial charge in [-0.2, -0.15) is 0 Å². The van der Waals surface area contributed by atoms with Crippen LogP contribution in [0.3, 0.4) is 0 Å². The van der Waals surface area contributed by atoms with Crippen LogP contribution < -0.4 is 15.0 Å². The smallest absolute Gasteiger partial charge is 0.268 e. The summed E-state index contributed by atoms with van der Waals surface area (Å²) < 4.78 is 5.81. The van der Waals surface area contributed by atoms with E-state index in [1.54, 1.807) is 31.2 Å². The zero-order valence-electron chi connectivity index (χ0n) is 14.3. The molecule has 2 amide bonds. The highest BCUT2D eigenvalue weighted by Gasteiger charge is 2.30. The van der Waals surface area contributed by atoms with Gasteiger partial charge in [0.25, 0.3) is 5.91 Å². The van der Waals surface area contributed by atoms with Crippen molar-refractivity contribution >= 4 is 34.8 Å². The molecule has 0 radical (unpaired) electrons. The molecule has 1 heterocycles. The highest BCUT2D eigenvalue weighted by Crippen LogP contribution is 2.30. The van der Waals surface area contributed by atoms with E-state index in [4.69, 9.17) is 16.3 Å². The van der Waals surface area contributed by atoms with Crippen LogP contribution in [-0.2, 0) is 9.59 Å². The lowest BCUT2D eigenvalue weighted by Gasteiger charge is -2.31. The van der Waals surface area contributed by atoms with Gasteiger partial charge in [0.1, 0.15) is 12.3 Å². The first kappa shape index (κ1) is 17.3. The average Bonchev–Trinajstić information content (AvgIpc) is 2.58. The standard InChI is InChI=1S/C19H19ClN2O3/c1-11-8-14(9-12(2)18(11)20)25-13(3)19(24)22-10-17(23)21-15-6-4-5-7-16(15)22/h4-9,13H,10H2,1-3H3,(H,21,23)/t13-/m1/s1. The molecule has 130 valence electrons. The minimum Gasteiger partial charge on any atom is -0.481 e. The van der Waals surface area contributed by atoms with Crippen molar-refractivity contribution in [2.24, 2.45) is 0 Å². The molecular weight excluding hydrogens is 340 g/mol. The van der Waals surface area contributed by atoms with Gasteiger partial charge in [-0.25, -0.2) is 0 Å². The van der Waals surface area contributed by atoms with Gasteiger partial charge in [-0.05, 0) is 56.2 Å². The summed E-state index contributed by atoms with van der Waals surface area (Å²) >= 11 is 6.17. The Kier molecular flexibility index (Phi) is 4.68. The van der Waals surface area contributed by atoms with E-state index in [0.717, 1.165) is 11.1 Å². The SMILES string of the molecule is Cc1cc(O[C@H](C)C(=O)N2CC(=O)Nc3ccccc32)cc(C)c1Cl. The monoisotopic (exact) mass is 358 g/mol. The molecule has 3 rings (SSSR count). The minimum atomic E-state index is -0.737. The van der Waals surface area contributed by atoms with Crippen molar-refractivity contribution in [3.05, 3.63) is 52.5 Å². The first-order valence-corrected chi connectivity index (χ1v) is 8.38. The van der Waals surface area contributed by atoms with E-state index in [1.807, 2.05) is 26.0 Å². The molecule has 0 saturated carbocycles. The Morgan fingerprint density at radius 1 is 1.24 bits per heavy atom. The summed E-state index contributed by atoms with van der Waals surface area (Å²) in [7, 11) is 0. The average molecular weight is 359 g/mol. The van der Waals surface area contributed by atoms with Gasteiger partial charge in [-0.3, -0.25) is 14.5 Å². The summed E-state index contributed by atoms with van der Waals surface area (Å²) in [5.41, 5.74) is 3.07. The molecule has 6 heteroatoms. The van der Waals surface area contributed by atoms with Crippen molar-refractivity contribution in [1.29, 1.82) is 0 Å². The van der Waals surface area contributed by atoms with Crippen LogP contribution in [0, 0.1) is 13.8 Å². The number of anilines is 2. The molecule has 1 atom stereocenters. The normalized spacial score (nSPS) is 14.6. The van der Waals surface area contributed by atoms with Crippen molar-refractivity contribution in [2.45, 2.75) is 26.9 Å². The predicted octanol–water partition coefficient (Wildman–Crippen LogP) is 3.71. The van der Waals surface area contributed by atoms with E-state index in [1.165, 1.54) is 4.90 Å². The van der Waals surface area contributed by atoms with Crippen LogP contribution in [-0.4, -0.2) is 24.5 Å². The van der Waals surface area contributed by atoms with Crippen LogP contribution in [0.15, 0.2) is 36.4 Å². The maximum absolute atomic E-state index is 12.8. The number of amides is 2. The summed E-state index contributed by atoms with van der Waals surface area (Å²) in [6.45, 7) is 5.43. The van der Waals surface area contributed by atoms with E-state index in [0.29, 0.717) is 22.1 Å². The molecule has 0 fully saturated rings. The van der Waals surface area contributed by atoms with E-state index < -0.39 is 6.10 Å². The number of para-hydroxylation sites is 2. The summed E-state index contributed by atoms with van der Waals surface area (Å²) in [5, 5.41) is 3.45. The Morgan fingerprint density at radius 2 is 1.88 bits per heavy atom. The lowest BCUT2D eigenvalue weighted by molar-refractivity contribution is -0.126. The number of carbonyl (C=O) groups is 2. The summed E-state index contributed by atoms with van der Waals surface area (Å²) in [5.74, 6) is 0.0833. The van der Waals surface area contributed by atoms with Crippen molar-refractivity contribution in [2.75, 3.05) is 16.8 Å². The van der Waals surface area contributed by atoms with Crippen LogP contribution in [0.1, 0.15) is 18.1 Å². The maximum atomic E-state index is 12.8. The van der Waals surface area contributed by atoms with Gasteiger partial charge in [0.15, 0.2) is 6.10 Å². The number of ether oxygens (including phenoxy) is 1. The number of fused-ring (bicyclic) bond motifs is 1. The fraction of sp³-hybridized carbons (Fsp3) is 0.263. The Bertz CT molecular complexity index is 827. The number of hydrogen-bond donors (Lipinski definition) is 1. The molecule has 1 aliphatic rings. The van der Waals surface area contributed by atoms with Gasteiger partial charge in [0.2, 0.25) is 5.91 Å². The third-order valence-electron chi connectivity index (χ3n) is 4.11. The molecule has 1 N–H and O–H groups in total. The Morgan fingerprint density at radius 3 is 2.56 bits per heavy atom. The molecule has 5 nitrogen and oxygen atoms in total. The molecule has 0 aliphatic carbocycles. The summed E-state index contributed by atoms with van der Waals surface area (Å²) in [6, 6.07) is 10.8. The zero-order chi connectivity index (χ0) is 18.1. The minimum absolute atomic E-state index is 0.0256. The molecule has 25 heavy (non-hydrogen) atoms. The lowest BCUT2D eigenvalue weighted by atomic mass is 10.1. The molecule has 2 aromatic carbocycles. The maximum Gasteiger partial charge on any atom is 0.268 e. The van der Waals surface area contributed by atoms with E-state index in [-0.39, 0.29) is 18.4 Å². The van der Waals surface area contributed by atoms with Gasteiger partial charge in [0, 0.05) is 5.02 Å². The topological polar surface area (TPSA) is 58.6 Å². The molecule has 0 spiro atoms. The van der Waals surface area contributed by atoms with Crippen LogP contribution in [0.4, 0.5) is 11.4 Å². The van der Waals surface area contributed by atoms with Crippen LogP contribution in [0.5, 0.6) is 5.75 Å². The molecule has 1 aliphatic heterocycles. The fourth-order valence-corrected chi connectivity index (χ4v) is 2.99. The Hall–Kier alpha value is -2.53. The number of benzene rings is 2. The number of nitrogens with zero attached hydrogens (tertiary/aromatic N) is 1. The first-order chi connectivity index (χ1) is 11.9. The summed E-state index contributed by atoms with van der Waals surface area (Å²) in [6.07, 6.45) is -0.737. The van der Waals surface area contributed by atoms with Gasteiger partial charge in [-0.15, -0.1) is 0 Å². The molecule has 2 aromatic rings. The number of carbonyl (C=O) groups excluding carboxylic acids is 2. The second-order valence-corrected chi connectivity index (χ2v) is 6.50. The number of hydrogen-bond acceptors (Lipinski definition) is 3. The largest absolute Gasteiger partial charge is 0.481 e. The van der Waals surface area contributed by atoms with E-state index in [2.05, 4.69) is 5.32 Å². The highest BCUT2D eigenvalue weighted by atomic mass is 35.5. The molecule has 0 unspecified atom stereocenters. The molecular formula is C19H19ClN2O3. The molecule has 0 bridgehead atoms. The van der Waals surface area contributed by atoms with Crippen molar-refractivity contribution in [3.8, 4) is 5.75 Å². The third kappa shape index (κ3) is 3.46. The highest BCUT2D eigenvalue weighted by molar-refractivity contribution is 6.32. The Labute approximate surface area is 151 Å². The molecule has 0 aromatic heterocycles. The second kappa shape index (κ2) is 6.76. The van der Waals surface area contributed by atoms with Gasteiger partial charge < -0.3 is 10.1 Å². The van der Waals surface area contributed by atoms with Crippen molar-refractivity contribution in [3.63, 3.8) is 0 Å². The number of aryl methyl sites for hydroxylation is 2. The number of halogens is 1. The van der Waals surface area contributed by atoms with Crippen molar-refractivity contribution in [1.82, 2.24) is 0 Å². The van der Waals surface area contributed by atoms with Crippen LogP contribution in [0.25, 0.3) is 0 Å². The zero-order valence-corrected chi connectivity index (χ0v) is 15.1. The van der Waals surface area contributed by atoms with Crippen LogP contribution in [0.2, 0.25) is 5.02 Å². The third-order valence-corrected chi connectivity index (χ3v) is 4.70. The fourth-order valence-electron chi connectivity index (χ4n) is 2.88. The summed E-state index contributed by atoms with van der Waals surface area (Å²) in [4.78, 5) is 26.2. The number of nitrogens with one attached hydrogen (secondary N) is 1. The first-order valence-electron chi connectivity index (χ1n) is 8.00. The van der Waals surface area contributed by atoms with Gasteiger partial charge >= 0.3 is 0 Å². The predicted molar refractivity (Wildman–Crippen MR) is 98.4 cm³/mol. The van der Waals surface area contributed by atoms with Gasteiger partial charge in [-0.1, -0.05) is 23.7 Å². The van der Waals surface area contributed by atoms with Crippen molar-refractivity contribution < 1.29 is 14.3 Å². The molecule has 0 saturated heterocycles. The Balaban J connectivity index is 1.82. The van der Waals surface area contributed by atoms with Crippen LogP contribution >= 0.6 is 11.6 Å². The lowest BCUT2D eigenvalue weighted by Crippen LogP contribution is -2.47. The van der Waals surface area contributed by atoms with E-state index >= 15 is 0 Å². The quantitative estimate of drug-likeness (QED) is 0.909. The second-order valence-electron chi connectivity index (χ2n) is 6.12. The number of rotatable bonds is 3. The van der Waals surface area contributed by atoms with E-state index in [9.17, 15) is 9.59 Å².